The Balaban J connectivity index is 0.00000161. The van der Waals surface area contributed by atoms with E-state index in [0.717, 1.165) is 25.9 Å². The molecule has 3 fully saturated rings. The Morgan fingerprint density at radius 3 is 2.62 bits per heavy atom. The molecule has 3 saturated heterocycles. The van der Waals surface area contributed by atoms with Gasteiger partial charge in [0, 0.05) is 44.7 Å². The first-order valence-corrected chi connectivity index (χ1v) is 9.17. The van der Waals surface area contributed by atoms with Gasteiger partial charge in [-0.15, -0.1) is 12.4 Å². The SMILES string of the molecule is Cl.O=C(CCN1CCCS1(=O)=O)N1CCC2CCC(C1)N2. The highest BCUT2D eigenvalue weighted by Gasteiger charge is 2.32. The van der Waals surface area contributed by atoms with Crippen LogP contribution in [0.5, 0.6) is 0 Å². The number of nitrogens with zero attached hydrogens (tertiary/aromatic N) is 2. The van der Waals surface area contributed by atoms with Gasteiger partial charge >= 0.3 is 0 Å². The third-order valence-electron chi connectivity index (χ3n) is 4.65. The first-order chi connectivity index (χ1) is 9.54. The Bertz CT molecular complexity index is 485. The summed E-state index contributed by atoms with van der Waals surface area (Å²) in [4.78, 5) is 14.2. The summed E-state index contributed by atoms with van der Waals surface area (Å²) in [5, 5.41) is 3.55. The summed E-state index contributed by atoms with van der Waals surface area (Å²) in [6.07, 6.45) is 4.39. The minimum absolute atomic E-state index is 0. The molecule has 2 bridgehead atoms. The molecule has 1 amide bonds. The zero-order valence-electron chi connectivity index (χ0n) is 12.2. The molecule has 122 valence electrons. The Labute approximate surface area is 132 Å². The van der Waals surface area contributed by atoms with Gasteiger partial charge < -0.3 is 10.2 Å². The molecule has 0 aromatic rings. The van der Waals surface area contributed by atoms with Crippen LogP contribution in [-0.4, -0.2) is 67.5 Å². The van der Waals surface area contributed by atoms with Gasteiger partial charge in [0.2, 0.25) is 15.9 Å². The Morgan fingerprint density at radius 2 is 1.90 bits per heavy atom. The third-order valence-corrected chi connectivity index (χ3v) is 6.61. The molecule has 0 aromatic heterocycles. The summed E-state index contributed by atoms with van der Waals surface area (Å²) >= 11 is 0. The number of nitrogens with one attached hydrogen (secondary N) is 1. The third kappa shape index (κ3) is 3.88. The van der Waals surface area contributed by atoms with Crippen molar-refractivity contribution in [2.45, 2.75) is 44.2 Å². The van der Waals surface area contributed by atoms with Crippen LogP contribution >= 0.6 is 12.4 Å². The van der Waals surface area contributed by atoms with Gasteiger partial charge in [0.15, 0.2) is 0 Å². The van der Waals surface area contributed by atoms with E-state index < -0.39 is 10.0 Å². The summed E-state index contributed by atoms with van der Waals surface area (Å²) in [5.74, 6) is 0.333. The van der Waals surface area contributed by atoms with E-state index >= 15 is 0 Å². The molecule has 21 heavy (non-hydrogen) atoms. The van der Waals surface area contributed by atoms with Crippen LogP contribution in [-0.2, 0) is 14.8 Å². The normalized spacial score (nSPS) is 31.7. The van der Waals surface area contributed by atoms with Crippen LogP contribution < -0.4 is 5.32 Å². The molecule has 2 unspecified atom stereocenters. The average molecular weight is 338 g/mol. The lowest BCUT2D eigenvalue weighted by Crippen LogP contribution is -2.40. The Morgan fingerprint density at radius 1 is 1.14 bits per heavy atom. The van der Waals surface area contributed by atoms with E-state index in [9.17, 15) is 13.2 Å². The standard InChI is InChI=1S/C13H23N3O3S.ClH/c17-13(5-8-16-6-1-9-20(16,18)19)15-7-4-11-2-3-12(10-15)14-11;/h11-12,14H,1-10H2;1H. The molecule has 0 saturated carbocycles. The quantitative estimate of drug-likeness (QED) is 0.798. The second kappa shape index (κ2) is 6.81. The molecule has 1 N–H and O–H groups in total. The predicted molar refractivity (Wildman–Crippen MR) is 83.0 cm³/mol. The fraction of sp³-hybridized carbons (Fsp3) is 0.923. The molecular formula is C13H24ClN3O3S. The van der Waals surface area contributed by atoms with Crippen molar-refractivity contribution >= 4 is 28.3 Å². The number of amides is 1. The van der Waals surface area contributed by atoms with Gasteiger partial charge in [-0.05, 0) is 25.7 Å². The molecule has 0 aromatic carbocycles. The first-order valence-electron chi connectivity index (χ1n) is 7.56. The van der Waals surface area contributed by atoms with E-state index in [1.165, 1.54) is 10.7 Å². The lowest BCUT2D eigenvalue weighted by atomic mass is 10.1. The largest absolute Gasteiger partial charge is 0.341 e. The van der Waals surface area contributed by atoms with Crippen LogP contribution in [0.2, 0.25) is 0 Å². The maximum atomic E-state index is 12.3. The van der Waals surface area contributed by atoms with Crippen LogP contribution in [0.3, 0.4) is 0 Å². The maximum absolute atomic E-state index is 12.3. The smallest absolute Gasteiger partial charge is 0.223 e. The van der Waals surface area contributed by atoms with E-state index in [1.807, 2.05) is 4.90 Å². The van der Waals surface area contributed by atoms with Crippen LogP contribution in [0.1, 0.15) is 32.1 Å². The van der Waals surface area contributed by atoms with E-state index in [4.69, 9.17) is 0 Å². The number of hydrogen-bond acceptors (Lipinski definition) is 4. The van der Waals surface area contributed by atoms with Gasteiger partial charge in [-0.3, -0.25) is 4.79 Å². The molecule has 3 rings (SSSR count). The Kier molecular flexibility index (Phi) is 5.51. The van der Waals surface area contributed by atoms with Gasteiger partial charge in [0.05, 0.1) is 5.75 Å². The molecule has 0 radical (unpaired) electrons. The van der Waals surface area contributed by atoms with Crippen molar-refractivity contribution in [1.29, 1.82) is 0 Å². The zero-order valence-corrected chi connectivity index (χ0v) is 13.8. The molecule has 6 nitrogen and oxygen atoms in total. The minimum atomic E-state index is -3.08. The van der Waals surface area contributed by atoms with E-state index in [2.05, 4.69) is 5.32 Å². The lowest BCUT2D eigenvalue weighted by Gasteiger charge is -2.25. The predicted octanol–water partition coefficient (Wildman–Crippen LogP) is 0.187. The zero-order chi connectivity index (χ0) is 14.2. The topological polar surface area (TPSA) is 69.7 Å². The highest BCUT2D eigenvalue weighted by atomic mass is 35.5. The second-order valence-corrected chi connectivity index (χ2v) is 8.17. The fourth-order valence-electron chi connectivity index (χ4n) is 3.49. The van der Waals surface area contributed by atoms with Crippen LogP contribution in [0, 0.1) is 0 Å². The van der Waals surface area contributed by atoms with Crippen molar-refractivity contribution in [3.8, 4) is 0 Å². The summed E-state index contributed by atoms with van der Waals surface area (Å²) in [6.45, 7) is 2.50. The molecule has 2 atom stereocenters. The van der Waals surface area contributed by atoms with E-state index in [-0.39, 0.29) is 24.1 Å². The minimum Gasteiger partial charge on any atom is -0.341 e. The summed E-state index contributed by atoms with van der Waals surface area (Å²) in [6, 6.07) is 0.999. The van der Waals surface area contributed by atoms with Gasteiger partial charge in [0.1, 0.15) is 0 Å². The Hall–Kier alpha value is -0.370. The van der Waals surface area contributed by atoms with E-state index in [1.54, 1.807) is 0 Å². The molecule has 3 aliphatic rings. The van der Waals surface area contributed by atoms with Crippen LogP contribution in [0.15, 0.2) is 0 Å². The van der Waals surface area contributed by atoms with Crippen molar-refractivity contribution < 1.29 is 13.2 Å². The first kappa shape index (κ1) is 17.0. The fourth-order valence-corrected chi connectivity index (χ4v) is 5.02. The van der Waals surface area contributed by atoms with Crippen molar-refractivity contribution in [1.82, 2.24) is 14.5 Å². The number of sulfonamides is 1. The average Bonchev–Trinajstić information content (AvgIpc) is 2.88. The number of halogens is 1. The molecule has 8 heteroatoms. The summed E-state index contributed by atoms with van der Waals surface area (Å²) < 4.78 is 24.9. The van der Waals surface area contributed by atoms with Crippen LogP contribution in [0.25, 0.3) is 0 Å². The van der Waals surface area contributed by atoms with Crippen molar-refractivity contribution in [3.05, 3.63) is 0 Å². The van der Waals surface area contributed by atoms with Gasteiger partial charge in [-0.2, -0.15) is 0 Å². The lowest BCUT2D eigenvalue weighted by molar-refractivity contribution is -0.131. The van der Waals surface area contributed by atoms with Crippen molar-refractivity contribution in [2.75, 3.05) is 31.9 Å². The highest BCUT2D eigenvalue weighted by molar-refractivity contribution is 7.89. The van der Waals surface area contributed by atoms with Crippen molar-refractivity contribution in [3.63, 3.8) is 0 Å². The maximum Gasteiger partial charge on any atom is 0.223 e. The van der Waals surface area contributed by atoms with Crippen LogP contribution in [0.4, 0.5) is 0 Å². The number of rotatable bonds is 3. The summed E-state index contributed by atoms with van der Waals surface area (Å²) in [7, 11) is -3.08. The number of likely N-dealkylation sites (tertiary alicyclic amines) is 1. The number of carbonyl (C=O) groups is 1. The molecule has 0 spiro atoms. The molecule has 3 aliphatic heterocycles. The van der Waals surface area contributed by atoms with Crippen molar-refractivity contribution in [2.24, 2.45) is 0 Å². The summed E-state index contributed by atoms with van der Waals surface area (Å²) in [5.41, 5.74) is 0. The highest BCUT2D eigenvalue weighted by Crippen LogP contribution is 2.21. The second-order valence-electron chi connectivity index (χ2n) is 6.08. The van der Waals surface area contributed by atoms with Gasteiger partial charge in [0.25, 0.3) is 0 Å². The van der Waals surface area contributed by atoms with E-state index in [0.29, 0.717) is 38.0 Å². The number of fused-ring (bicyclic) bond motifs is 2. The monoisotopic (exact) mass is 337 g/mol. The van der Waals surface area contributed by atoms with Gasteiger partial charge in [-0.25, -0.2) is 12.7 Å². The molecular weight excluding hydrogens is 314 g/mol. The molecule has 3 heterocycles. The molecule has 0 aliphatic carbocycles. The number of hydrogen-bond donors (Lipinski definition) is 1. The number of carbonyl (C=O) groups excluding carboxylic acids is 1. The van der Waals surface area contributed by atoms with Gasteiger partial charge in [-0.1, -0.05) is 0 Å².